The van der Waals surface area contributed by atoms with E-state index in [9.17, 15) is 23.1 Å². The number of imide groups is 1. The van der Waals surface area contributed by atoms with Crippen LogP contribution in [0.3, 0.4) is 0 Å². The number of amides is 3. The van der Waals surface area contributed by atoms with E-state index >= 15 is 0 Å². The molecule has 0 aromatic carbocycles. The second kappa shape index (κ2) is 8.26. The van der Waals surface area contributed by atoms with Crippen molar-refractivity contribution in [1.82, 2.24) is 20.0 Å². The van der Waals surface area contributed by atoms with Crippen LogP contribution in [0.5, 0.6) is 0 Å². The highest BCUT2D eigenvalue weighted by Gasteiger charge is 2.52. The van der Waals surface area contributed by atoms with E-state index in [4.69, 9.17) is 4.84 Å². The summed E-state index contributed by atoms with van der Waals surface area (Å²) in [6.45, 7) is 5.67. The van der Waals surface area contributed by atoms with Gasteiger partial charge in [-0.2, -0.15) is 5.48 Å². The molecule has 4 fully saturated rings. The first-order valence-corrected chi connectivity index (χ1v) is 12.8. The Morgan fingerprint density at radius 1 is 1.29 bits per heavy atom. The van der Waals surface area contributed by atoms with Gasteiger partial charge in [-0.3, -0.25) is 14.5 Å². The molecule has 2 aliphatic heterocycles. The van der Waals surface area contributed by atoms with E-state index in [1.165, 1.54) is 4.90 Å². The van der Waals surface area contributed by atoms with Crippen LogP contribution in [0.1, 0.15) is 59.3 Å². The average Bonchev–Trinajstić information content (AvgIpc) is 3.25. The third-order valence-electron chi connectivity index (χ3n) is 6.95. The molecule has 0 spiro atoms. The number of aliphatic hydroxyl groups is 1. The summed E-state index contributed by atoms with van der Waals surface area (Å²) < 4.78 is 28.7. The normalized spacial score (nSPS) is 36.5. The van der Waals surface area contributed by atoms with Crippen LogP contribution in [0.4, 0.5) is 4.79 Å². The van der Waals surface area contributed by atoms with Gasteiger partial charge in [0.05, 0.1) is 29.9 Å². The Labute approximate surface area is 183 Å². The second-order valence-electron chi connectivity index (χ2n) is 10.0. The fourth-order valence-corrected chi connectivity index (χ4v) is 6.99. The lowest BCUT2D eigenvalue weighted by Crippen LogP contribution is -2.65. The first kappa shape index (κ1) is 22.9. The van der Waals surface area contributed by atoms with Gasteiger partial charge in [0.1, 0.15) is 0 Å². The third kappa shape index (κ3) is 4.75. The molecule has 31 heavy (non-hydrogen) atoms. The van der Waals surface area contributed by atoms with Gasteiger partial charge in [0.2, 0.25) is 15.9 Å². The van der Waals surface area contributed by atoms with Crippen LogP contribution in [0.15, 0.2) is 0 Å². The summed E-state index contributed by atoms with van der Waals surface area (Å²) in [4.78, 5) is 34.8. The lowest BCUT2D eigenvalue weighted by atomic mass is 9.80. The number of aliphatic hydroxyl groups excluding tert-OH is 1. The maximum atomic E-state index is 13.4. The highest BCUT2D eigenvalue weighted by atomic mass is 32.2. The number of urea groups is 1. The smallest absolute Gasteiger partial charge is 0.327 e. The molecule has 10 nitrogen and oxygen atoms in total. The van der Waals surface area contributed by atoms with Crippen molar-refractivity contribution in [3.63, 3.8) is 0 Å². The van der Waals surface area contributed by atoms with Crippen molar-refractivity contribution < 1.29 is 28.0 Å². The Morgan fingerprint density at radius 2 is 2.00 bits per heavy atom. The van der Waals surface area contributed by atoms with Crippen molar-refractivity contribution >= 4 is 22.0 Å². The van der Waals surface area contributed by atoms with Gasteiger partial charge in [0, 0.05) is 24.2 Å². The molecule has 0 aromatic heterocycles. The predicted octanol–water partition coefficient (Wildman–Crippen LogP) is 0.323. The molecule has 4 rings (SSSR count). The molecule has 4 aliphatic rings. The molecule has 176 valence electrons. The van der Waals surface area contributed by atoms with Gasteiger partial charge in [-0.1, -0.05) is 0 Å². The van der Waals surface area contributed by atoms with Gasteiger partial charge < -0.3 is 10.0 Å². The number of carbonyl (C=O) groups is 2. The van der Waals surface area contributed by atoms with Gasteiger partial charge in [-0.25, -0.2) is 17.9 Å². The molecule has 2 saturated heterocycles. The highest BCUT2D eigenvalue weighted by molar-refractivity contribution is 7.90. The van der Waals surface area contributed by atoms with E-state index in [0.717, 1.165) is 12.8 Å². The number of carbonyl (C=O) groups excluding carboxylic acids is 2. The number of sulfonamides is 1. The summed E-state index contributed by atoms with van der Waals surface area (Å²) in [6.07, 6.45) is 2.23. The maximum absolute atomic E-state index is 13.4. The fraction of sp³-hybridized carbons (Fsp3) is 0.900. The highest BCUT2D eigenvalue weighted by Crippen LogP contribution is 2.40. The van der Waals surface area contributed by atoms with Gasteiger partial charge in [0.15, 0.2) is 0 Å². The van der Waals surface area contributed by atoms with E-state index in [2.05, 4.69) is 10.2 Å². The number of rotatable bonds is 7. The van der Waals surface area contributed by atoms with E-state index in [1.807, 2.05) is 13.8 Å². The number of nitrogens with zero attached hydrogens (tertiary/aromatic N) is 2. The lowest BCUT2D eigenvalue weighted by Gasteiger charge is -2.48. The Balaban J connectivity index is 1.54. The van der Waals surface area contributed by atoms with Gasteiger partial charge in [0.25, 0.3) is 0 Å². The van der Waals surface area contributed by atoms with Gasteiger partial charge in [-0.05, 0) is 59.3 Å². The van der Waals surface area contributed by atoms with E-state index in [0.29, 0.717) is 19.3 Å². The van der Waals surface area contributed by atoms with Crippen LogP contribution >= 0.6 is 0 Å². The van der Waals surface area contributed by atoms with Crippen molar-refractivity contribution in [2.24, 2.45) is 5.92 Å². The maximum Gasteiger partial charge on any atom is 0.327 e. The van der Waals surface area contributed by atoms with Crippen molar-refractivity contribution in [2.45, 2.75) is 94.4 Å². The summed E-state index contributed by atoms with van der Waals surface area (Å²) in [6, 6.07) is -0.698. The molecular weight excluding hydrogens is 424 g/mol. The molecule has 3 N–H and O–H groups in total. The van der Waals surface area contributed by atoms with E-state index in [1.54, 1.807) is 11.8 Å². The van der Waals surface area contributed by atoms with Crippen LogP contribution in [0.2, 0.25) is 0 Å². The van der Waals surface area contributed by atoms with E-state index < -0.39 is 39.4 Å². The van der Waals surface area contributed by atoms with Crippen LogP contribution in [0.25, 0.3) is 0 Å². The van der Waals surface area contributed by atoms with Gasteiger partial charge in [-0.15, -0.1) is 0 Å². The van der Waals surface area contributed by atoms with Crippen LogP contribution in [-0.2, 0) is 19.7 Å². The molecule has 6 atom stereocenters. The standard InChI is InChI=1S/C20H34N4O6S/c1-12-8-14(30-21-12)11-24-18(26)16-9-15(31(28,29)22-20(3)6-7-20)4-5-17(16)23(19(24)27)10-13(2)25/h12-17,21-22,25H,4-11H2,1-3H3. The average molecular weight is 459 g/mol. The number of hydrogen-bond acceptors (Lipinski definition) is 7. The number of hydrogen-bond donors (Lipinski definition) is 3. The SMILES string of the molecule is CC(O)CN1C(=O)N(CC2CC(C)NO2)C(=O)C2CC(S(=O)(=O)NC3(C)CC3)CCC21. The number of fused-ring (bicyclic) bond motifs is 1. The van der Waals surface area contributed by atoms with Crippen molar-refractivity contribution in [1.29, 1.82) is 0 Å². The largest absolute Gasteiger partial charge is 0.392 e. The summed E-state index contributed by atoms with van der Waals surface area (Å²) in [5, 5.41) is 9.30. The minimum absolute atomic E-state index is 0.109. The first-order chi connectivity index (χ1) is 14.5. The molecule has 0 bridgehead atoms. The first-order valence-electron chi connectivity index (χ1n) is 11.2. The summed E-state index contributed by atoms with van der Waals surface area (Å²) >= 11 is 0. The third-order valence-corrected chi connectivity index (χ3v) is 9.04. The van der Waals surface area contributed by atoms with Crippen LogP contribution < -0.4 is 10.2 Å². The van der Waals surface area contributed by atoms with Crippen molar-refractivity contribution in [2.75, 3.05) is 13.1 Å². The van der Waals surface area contributed by atoms with Crippen molar-refractivity contribution in [3.8, 4) is 0 Å². The molecule has 0 radical (unpaired) electrons. The number of β-amino-alcohol motifs (C(OH)–C–C–N with tert-alkyl or cyclic N) is 1. The molecule has 2 aliphatic carbocycles. The molecule has 0 aromatic rings. The Bertz CT molecular complexity index is 830. The number of hydroxylamine groups is 1. The fourth-order valence-electron chi connectivity index (χ4n) is 5.03. The number of nitrogens with one attached hydrogen (secondary N) is 2. The minimum Gasteiger partial charge on any atom is -0.392 e. The van der Waals surface area contributed by atoms with E-state index in [-0.39, 0.29) is 43.1 Å². The molecule has 11 heteroatoms. The molecular formula is C20H34N4O6S. The monoisotopic (exact) mass is 458 g/mol. The van der Waals surface area contributed by atoms with Gasteiger partial charge >= 0.3 is 6.03 Å². The summed E-state index contributed by atoms with van der Waals surface area (Å²) in [7, 11) is -3.56. The zero-order valence-electron chi connectivity index (χ0n) is 18.4. The molecule has 6 unspecified atom stereocenters. The minimum atomic E-state index is -3.56. The van der Waals surface area contributed by atoms with Crippen molar-refractivity contribution in [3.05, 3.63) is 0 Å². The zero-order chi connectivity index (χ0) is 22.6. The molecule has 2 heterocycles. The predicted molar refractivity (Wildman–Crippen MR) is 112 cm³/mol. The lowest BCUT2D eigenvalue weighted by molar-refractivity contribution is -0.143. The zero-order valence-corrected chi connectivity index (χ0v) is 19.2. The topological polar surface area (TPSA) is 128 Å². The Kier molecular flexibility index (Phi) is 6.10. The summed E-state index contributed by atoms with van der Waals surface area (Å²) in [5.41, 5.74) is 2.49. The Morgan fingerprint density at radius 3 is 2.58 bits per heavy atom. The second-order valence-corrected chi connectivity index (χ2v) is 12.0. The quantitative estimate of drug-likeness (QED) is 0.501. The Hall–Kier alpha value is -1.27. The van der Waals surface area contributed by atoms with Crippen LogP contribution in [0, 0.1) is 5.92 Å². The van der Waals surface area contributed by atoms with Crippen LogP contribution in [-0.4, -0.2) is 83.4 Å². The molecule has 3 amide bonds. The molecule has 2 saturated carbocycles. The summed E-state index contributed by atoms with van der Waals surface area (Å²) in [5.74, 6) is -0.942.